The molecule has 3 nitrogen and oxygen atoms in total. The summed E-state index contributed by atoms with van der Waals surface area (Å²) in [6.07, 6.45) is 1.75. The van der Waals surface area contributed by atoms with Crippen LogP contribution in [0.4, 0.5) is 0 Å². The van der Waals surface area contributed by atoms with E-state index in [9.17, 15) is 0 Å². The van der Waals surface area contributed by atoms with Gasteiger partial charge in [-0.3, -0.25) is 0 Å². The van der Waals surface area contributed by atoms with Crippen LogP contribution in [0.2, 0.25) is 0 Å². The van der Waals surface area contributed by atoms with Crippen molar-refractivity contribution in [2.24, 2.45) is 5.10 Å². The van der Waals surface area contributed by atoms with Crippen LogP contribution in [0, 0.1) is 0 Å². The average molecular weight is 115 g/mol. The van der Waals surface area contributed by atoms with Crippen molar-refractivity contribution in [3.05, 3.63) is 0 Å². The lowest BCUT2D eigenvalue weighted by molar-refractivity contribution is 0.429. The molecule has 0 aliphatic rings. The van der Waals surface area contributed by atoms with Crippen LogP contribution in [0.25, 0.3) is 0 Å². The summed E-state index contributed by atoms with van der Waals surface area (Å²) in [5, 5.41) is 5.71. The summed E-state index contributed by atoms with van der Waals surface area (Å²) < 4.78 is 0. The van der Waals surface area contributed by atoms with Crippen LogP contribution < -0.4 is 0 Å². The van der Waals surface area contributed by atoms with Crippen LogP contribution in [-0.2, 0) is 0 Å². The highest BCUT2D eigenvalue weighted by atomic mass is 15.4. The lowest BCUT2D eigenvalue weighted by Crippen LogP contribution is -2.12. The summed E-state index contributed by atoms with van der Waals surface area (Å²) in [7, 11) is 7.65. The third-order valence-corrected chi connectivity index (χ3v) is 0.514. The quantitative estimate of drug-likeness (QED) is 0.288. The largest absolute Gasteiger partial charge is 0.367 e. The molecule has 0 unspecified atom stereocenters. The van der Waals surface area contributed by atoms with Gasteiger partial charge in [0.1, 0.15) is 6.34 Å². The zero-order chi connectivity index (χ0) is 6.57. The van der Waals surface area contributed by atoms with Gasteiger partial charge in [-0.05, 0) is 0 Å². The zero-order valence-electron chi connectivity index (χ0n) is 5.92. The molecule has 0 aromatic carbocycles. The Balaban J connectivity index is 3.34. The summed E-state index contributed by atoms with van der Waals surface area (Å²) in [4.78, 5) is 1.89. The molecule has 0 fully saturated rings. The van der Waals surface area contributed by atoms with E-state index < -0.39 is 0 Å². The van der Waals surface area contributed by atoms with Crippen molar-refractivity contribution >= 4 is 6.34 Å². The second kappa shape index (κ2) is 3.29. The molecule has 0 rings (SSSR count). The van der Waals surface area contributed by atoms with Gasteiger partial charge in [-0.25, -0.2) is 0 Å². The third kappa shape index (κ3) is 5.27. The molecule has 0 atom stereocenters. The van der Waals surface area contributed by atoms with E-state index in [-0.39, 0.29) is 0 Å². The number of hydrogen-bond donors (Lipinski definition) is 0. The normalized spacial score (nSPS) is 10.0. The van der Waals surface area contributed by atoms with Crippen LogP contribution in [-0.4, -0.2) is 44.4 Å². The predicted molar refractivity (Wildman–Crippen MR) is 35.9 cm³/mol. The molecule has 0 radical (unpaired) electrons. The minimum atomic E-state index is 1.75. The maximum Gasteiger partial charge on any atom is 0.110 e. The fourth-order valence-corrected chi connectivity index (χ4v) is 0.207. The Kier molecular flexibility index (Phi) is 2.99. The predicted octanol–water partition coefficient (Wildman–Crippen LogP) is 0.0529. The molecule has 0 bridgehead atoms. The van der Waals surface area contributed by atoms with E-state index in [0.717, 1.165) is 0 Å². The van der Waals surface area contributed by atoms with E-state index in [1.165, 1.54) is 0 Å². The Morgan fingerprint density at radius 1 is 1.12 bits per heavy atom. The maximum atomic E-state index is 3.96. The first kappa shape index (κ1) is 7.27. The molecule has 48 valence electrons. The first-order valence-corrected chi connectivity index (χ1v) is 2.51. The SMILES string of the molecule is CN(C)/C=N\N(C)C. The van der Waals surface area contributed by atoms with Gasteiger partial charge >= 0.3 is 0 Å². The maximum absolute atomic E-state index is 3.96. The monoisotopic (exact) mass is 115 g/mol. The highest BCUT2D eigenvalue weighted by Crippen LogP contribution is 1.72. The van der Waals surface area contributed by atoms with E-state index in [4.69, 9.17) is 0 Å². The molecule has 0 N–H and O–H groups in total. The molecule has 0 spiro atoms. The van der Waals surface area contributed by atoms with E-state index >= 15 is 0 Å². The van der Waals surface area contributed by atoms with Crippen LogP contribution in [0.5, 0.6) is 0 Å². The Labute approximate surface area is 50.6 Å². The van der Waals surface area contributed by atoms with Crippen molar-refractivity contribution in [2.45, 2.75) is 0 Å². The molecule has 0 aliphatic heterocycles. The molecular formula is C5H13N3. The molecule has 8 heavy (non-hydrogen) atoms. The second-order valence-corrected chi connectivity index (χ2v) is 2.04. The molecule has 0 saturated carbocycles. The van der Waals surface area contributed by atoms with Crippen LogP contribution in [0.3, 0.4) is 0 Å². The van der Waals surface area contributed by atoms with E-state index in [0.29, 0.717) is 0 Å². The highest BCUT2D eigenvalue weighted by Gasteiger charge is 1.76. The summed E-state index contributed by atoms with van der Waals surface area (Å²) in [5.74, 6) is 0. The second-order valence-electron chi connectivity index (χ2n) is 2.04. The van der Waals surface area contributed by atoms with Gasteiger partial charge in [-0.2, -0.15) is 5.10 Å². The van der Waals surface area contributed by atoms with Crippen molar-refractivity contribution in [3.63, 3.8) is 0 Å². The Morgan fingerprint density at radius 3 is 1.75 bits per heavy atom. The molecule has 0 aliphatic carbocycles. The van der Waals surface area contributed by atoms with Gasteiger partial charge in [0.15, 0.2) is 0 Å². The minimum Gasteiger partial charge on any atom is -0.367 e. The van der Waals surface area contributed by atoms with Crippen LogP contribution in [0.15, 0.2) is 5.10 Å². The van der Waals surface area contributed by atoms with Crippen molar-refractivity contribution in [1.29, 1.82) is 0 Å². The van der Waals surface area contributed by atoms with Gasteiger partial charge in [-0.1, -0.05) is 0 Å². The van der Waals surface area contributed by atoms with Crippen molar-refractivity contribution in [1.82, 2.24) is 9.91 Å². The smallest absolute Gasteiger partial charge is 0.110 e. The van der Waals surface area contributed by atoms with E-state index in [1.807, 2.05) is 33.1 Å². The van der Waals surface area contributed by atoms with Gasteiger partial charge in [0, 0.05) is 28.2 Å². The number of rotatable bonds is 2. The molecular weight excluding hydrogens is 102 g/mol. The van der Waals surface area contributed by atoms with Gasteiger partial charge in [0.25, 0.3) is 0 Å². The van der Waals surface area contributed by atoms with Crippen molar-refractivity contribution in [3.8, 4) is 0 Å². The minimum absolute atomic E-state index is 1.75. The molecule has 0 heterocycles. The Hall–Kier alpha value is -0.730. The summed E-state index contributed by atoms with van der Waals surface area (Å²) in [6.45, 7) is 0. The van der Waals surface area contributed by atoms with Crippen LogP contribution >= 0.6 is 0 Å². The fraction of sp³-hybridized carbons (Fsp3) is 0.800. The van der Waals surface area contributed by atoms with Gasteiger partial charge < -0.3 is 9.91 Å². The van der Waals surface area contributed by atoms with Crippen LogP contribution in [0.1, 0.15) is 0 Å². The van der Waals surface area contributed by atoms with Gasteiger partial charge in [0.2, 0.25) is 0 Å². The summed E-state index contributed by atoms with van der Waals surface area (Å²) >= 11 is 0. The van der Waals surface area contributed by atoms with E-state index in [2.05, 4.69) is 5.10 Å². The first-order chi connectivity index (χ1) is 3.63. The lowest BCUT2D eigenvalue weighted by atomic mass is 10.9. The standard InChI is InChI=1S/C5H13N3/c1-7(2)5-6-8(3)4/h5H,1-4H3/b6-5-. The topological polar surface area (TPSA) is 18.8 Å². The van der Waals surface area contributed by atoms with Gasteiger partial charge in [0.05, 0.1) is 0 Å². The number of hydrazone groups is 1. The van der Waals surface area contributed by atoms with Crippen molar-refractivity contribution < 1.29 is 0 Å². The molecule has 0 saturated heterocycles. The molecule has 0 aromatic rings. The van der Waals surface area contributed by atoms with Crippen molar-refractivity contribution in [2.75, 3.05) is 28.2 Å². The molecule has 0 amide bonds. The number of nitrogens with zero attached hydrogens (tertiary/aromatic N) is 3. The third-order valence-electron chi connectivity index (χ3n) is 0.514. The molecule has 0 aromatic heterocycles. The number of hydrogen-bond acceptors (Lipinski definition) is 2. The Morgan fingerprint density at radius 2 is 1.62 bits per heavy atom. The highest BCUT2D eigenvalue weighted by molar-refractivity contribution is 5.53. The molecule has 3 heteroatoms. The summed E-state index contributed by atoms with van der Waals surface area (Å²) in [5.41, 5.74) is 0. The Bertz CT molecular complexity index is 65.7. The first-order valence-electron chi connectivity index (χ1n) is 2.51. The lowest BCUT2D eigenvalue weighted by Gasteiger charge is -2.06. The van der Waals surface area contributed by atoms with E-state index in [1.54, 1.807) is 11.3 Å². The fourth-order valence-electron chi connectivity index (χ4n) is 0.207. The summed E-state index contributed by atoms with van der Waals surface area (Å²) in [6, 6.07) is 0. The average Bonchev–Trinajstić information content (AvgIpc) is 1.61. The van der Waals surface area contributed by atoms with Gasteiger partial charge in [-0.15, -0.1) is 0 Å². The zero-order valence-corrected chi connectivity index (χ0v) is 5.92.